The third kappa shape index (κ3) is 4.52. The third-order valence-corrected chi connectivity index (χ3v) is 3.58. The molecular weight excluding hydrogens is 184 g/mol. The first kappa shape index (κ1) is 13.0. The molecule has 90 valence electrons. The molecule has 2 heteroatoms. The van der Waals surface area contributed by atoms with Gasteiger partial charge in [-0.05, 0) is 37.8 Å². The summed E-state index contributed by atoms with van der Waals surface area (Å²) in [6, 6.07) is 0.730. The second-order valence-electron chi connectivity index (χ2n) is 5.96. The average Bonchev–Trinajstić information content (AvgIpc) is 2.98. The number of nitrogens with two attached hydrogens (primary N) is 1. The SMILES string of the molecule is CCN(CC(C)(C)CN)C(C)CC1CC1. The Morgan fingerprint density at radius 3 is 2.40 bits per heavy atom. The summed E-state index contributed by atoms with van der Waals surface area (Å²) < 4.78 is 0. The Labute approximate surface area is 95.2 Å². The summed E-state index contributed by atoms with van der Waals surface area (Å²) in [7, 11) is 0. The molecule has 1 unspecified atom stereocenters. The summed E-state index contributed by atoms with van der Waals surface area (Å²) in [6.45, 7) is 12.2. The van der Waals surface area contributed by atoms with E-state index in [9.17, 15) is 0 Å². The molecule has 1 atom stereocenters. The molecule has 15 heavy (non-hydrogen) atoms. The first-order valence-corrected chi connectivity index (χ1v) is 6.42. The largest absolute Gasteiger partial charge is 0.330 e. The van der Waals surface area contributed by atoms with E-state index in [1.54, 1.807) is 0 Å². The van der Waals surface area contributed by atoms with Crippen LogP contribution in [0.3, 0.4) is 0 Å². The number of nitrogens with zero attached hydrogens (tertiary/aromatic N) is 1. The lowest BCUT2D eigenvalue weighted by molar-refractivity contribution is 0.138. The molecule has 0 spiro atoms. The lowest BCUT2D eigenvalue weighted by atomic mass is 9.92. The molecule has 0 aromatic carbocycles. The predicted molar refractivity (Wildman–Crippen MR) is 66.9 cm³/mol. The summed E-state index contributed by atoms with van der Waals surface area (Å²) in [6.07, 6.45) is 4.30. The fourth-order valence-corrected chi connectivity index (χ4v) is 2.18. The van der Waals surface area contributed by atoms with Crippen molar-refractivity contribution in [3.63, 3.8) is 0 Å². The van der Waals surface area contributed by atoms with Crippen molar-refractivity contribution >= 4 is 0 Å². The Morgan fingerprint density at radius 2 is 2.00 bits per heavy atom. The molecule has 2 nitrogen and oxygen atoms in total. The van der Waals surface area contributed by atoms with Crippen LogP contribution in [0.5, 0.6) is 0 Å². The van der Waals surface area contributed by atoms with Crippen LogP contribution in [0.25, 0.3) is 0 Å². The van der Waals surface area contributed by atoms with E-state index in [2.05, 4.69) is 32.6 Å². The predicted octanol–water partition coefficient (Wildman–Crippen LogP) is 2.48. The molecule has 0 bridgehead atoms. The van der Waals surface area contributed by atoms with Gasteiger partial charge in [-0.2, -0.15) is 0 Å². The van der Waals surface area contributed by atoms with Crippen molar-refractivity contribution in [2.24, 2.45) is 17.1 Å². The fourth-order valence-electron chi connectivity index (χ4n) is 2.18. The van der Waals surface area contributed by atoms with Gasteiger partial charge in [-0.1, -0.05) is 33.6 Å². The van der Waals surface area contributed by atoms with Gasteiger partial charge in [-0.3, -0.25) is 0 Å². The molecule has 0 radical (unpaired) electrons. The maximum absolute atomic E-state index is 5.80. The molecular formula is C13H28N2. The molecule has 0 heterocycles. The molecule has 1 fully saturated rings. The van der Waals surface area contributed by atoms with Crippen LogP contribution >= 0.6 is 0 Å². The molecule has 0 aliphatic heterocycles. The standard InChI is InChI=1S/C13H28N2/c1-5-15(10-13(3,4)9-14)11(2)8-12-6-7-12/h11-12H,5-10,14H2,1-4H3. The molecule has 1 aliphatic rings. The maximum Gasteiger partial charge on any atom is 0.00696 e. The number of hydrogen-bond acceptors (Lipinski definition) is 2. The minimum atomic E-state index is 0.258. The molecule has 0 aromatic rings. The van der Waals surface area contributed by atoms with Crippen LogP contribution in [0.4, 0.5) is 0 Å². The Morgan fingerprint density at radius 1 is 1.40 bits per heavy atom. The highest BCUT2D eigenvalue weighted by Gasteiger charge is 2.28. The molecule has 0 saturated heterocycles. The van der Waals surface area contributed by atoms with Gasteiger partial charge >= 0.3 is 0 Å². The smallest absolute Gasteiger partial charge is 0.00696 e. The Hall–Kier alpha value is -0.0800. The van der Waals surface area contributed by atoms with Crippen molar-refractivity contribution in [1.82, 2.24) is 4.90 Å². The van der Waals surface area contributed by atoms with Crippen LogP contribution in [-0.4, -0.2) is 30.6 Å². The quantitative estimate of drug-likeness (QED) is 0.702. The van der Waals surface area contributed by atoms with Gasteiger partial charge in [-0.25, -0.2) is 0 Å². The lowest BCUT2D eigenvalue weighted by Crippen LogP contribution is -2.43. The molecule has 2 N–H and O–H groups in total. The van der Waals surface area contributed by atoms with E-state index in [0.29, 0.717) is 0 Å². The van der Waals surface area contributed by atoms with Crippen molar-refractivity contribution in [2.45, 2.75) is 53.0 Å². The molecule has 1 saturated carbocycles. The van der Waals surface area contributed by atoms with Crippen molar-refractivity contribution < 1.29 is 0 Å². The topological polar surface area (TPSA) is 29.3 Å². The first-order valence-electron chi connectivity index (χ1n) is 6.42. The average molecular weight is 212 g/mol. The summed E-state index contributed by atoms with van der Waals surface area (Å²) in [5.41, 5.74) is 6.05. The Bertz CT molecular complexity index is 185. The van der Waals surface area contributed by atoms with E-state index < -0.39 is 0 Å². The lowest BCUT2D eigenvalue weighted by Gasteiger charge is -2.35. The van der Waals surface area contributed by atoms with E-state index in [-0.39, 0.29) is 5.41 Å². The number of hydrogen-bond donors (Lipinski definition) is 1. The molecule has 0 aromatic heterocycles. The zero-order valence-corrected chi connectivity index (χ0v) is 10.9. The van der Waals surface area contributed by atoms with Crippen LogP contribution in [0.2, 0.25) is 0 Å². The van der Waals surface area contributed by atoms with E-state index >= 15 is 0 Å². The van der Waals surface area contributed by atoms with Gasteiger partial charge in [0.1, 0.15) is 0 Å². The summed E-state index contributed by atoms with van der Waals surface area (Å²) in [4.78, 5) is 2.59. The van der Waals surface area contributed by atoms with Crippen molar-refractivity contribution in [2.75, 3.05) is 19.6 Å². The highest BCUT2D eigenvalue weighted by Crippen LogP contribution is 2.35. The highest BCUT2D eigenvalue weighted by atomic mass is 15.2. The van der Waals surface area contributed by atoms with Crippen LogP contribution in [0.1, 0.15) is 47.0 Å². The van der Waals surface area contributed by atoms with Crippen molar-refractivity contribution in [1.29, 1.82) is 0 Å². The van der Waals surface area contributed by atoms with Crippen LogP contribution < -0.4 is 5.73 Å². The fraction of sp³-hybridized carbons (Fsp3) is 1.00. The van der Waals surface area contributed by atoms with Crippen LogP contribution in [-0.2, 0) is 0 Å². The van der Waals surface area contributed by atoms with Gasteiger partial charge in [0.2, 0.25) is 0 Å². The maximum atomic E-state index is 5.80. The highest BCUT2D eigenvalue weighted by molar-refractivity contribution is 4.82. The Balaban J connectivity index is 2.38. The summed E-state index contributed by atoms with van der Waals surface area (Å²) in [5.74, 6) is 1.02. The van der Waals surface area contributed by atoms with Gasteiger partial charge in [0.05, 0.1) is 0 Å². The van der Waals surface area contributed by atoms with E-state index in [1.807, 2.05) is 0 Å². The van der Waals surface area contributed by atoms with Gasteiger partial charge < -0.3 is 10.6 Å². The zero-order chi connectivity index (χ0) is 11.5. The van der Waals surface area contributed by atoms with Crippen molar-refractivity contribution in [3.8, 4) is 0 Å². The van der Waals surface area contributed by atoms with E-state index in [4.69, 9.17) is 5.73 Å². The van der Waals surface area contributed by atoms with E-state index in [0.717, 1.165) is 31.6 Å². The van der Waals surface area contributed by atoms with Gasteiger partial charge in [-0.15, -0.1) is 0 Å². The zero-order valence-electron chi connectivity index (χ0n) is 10.9. The van der Waals surface area contributed by atoms with Gasteiger partial charge in [0.25, 0.3) is 0 Å². The minimum absolute atomic E-state index is 0.258. The van der Waals surface area contributed by atoms with Gasteiger partial charge in [0.15, 0.2) is 0 Å². The monoisotopic (exact) mass is 212 g/mol. The summed E-state index contributed by atoms with van der Waals surface area (Å²) >= 11 is 0. The molecule has 1 aliphatic carbocycles. The Kier molecular flexibility index (Phi) is 4.60. The van der Waals surface area contributed by atoms with Gasteiger partial charge in [0, 0.05) is 12.6 Å². The number of rotatable bonds is 7. The second kappa shape index (κ2) is 5.31. The second-order valence-corrected chi connectivity index (χ2v) is 5.96. The molecule has 1 rings (SSSR count). The van der Waals surface area contributed by atoms with Crippen LogP contribution in [0.15, 0.2) is 0 Å². The normalized spacial score (nSPS) is 19.6. The first-order chi connectivity index (χ1) is 6.98. The van der Waals surface area contributed by atoms with Crippen molar-refractivity contribution in [3.05, 3.63) is 0 Å². The minimum Gasteiger partial charge on any atom is -0.330 e. The van der Waals surface area contributed by atoms with E-state index in [1.165, 1.54) is 19.3 Å². The molecule has 0 amide bonds. The third-order valence-electron chi connectivity index (χ3n) is 3.58. The van der Waals surface area contributed by atoms with Crippen LogP contribution in [0, 0.1) is 11.3 Å². The summed E-state index contributed by atoms with van der Waals surface area (Å²) in [5, 5.41) is 0.